The summed E-state index contributed by atoms with van der Waals surface area (Å²) in [5.41, 5.74) is 0.438. The minimum Gasteiger partial charge on any atom is -0.481 e. The first-order chi connectivity index (χ1) is 10.0. The molecule has 1 aromatic rings. The molecule has 0 saturated carbocycles. The molecule has 114 valence electrons. The van der Waals surface area contributed by atoms with E-state index in [1.807, 2.05) is 0 Å². The number of nitrogens with one attached hydrogen (secondary N) is 1. The third kappa shape index (κ3) is 4.73. The predicted octanol–water partition coefficient (Wildman–Crippen LogP) is 2.93. The normalized spacial score (nSPS) is 15.8. The first-order valence-electron chi connectivity index (χ1n) is 7.08. The van der Waals surface area contributed by atoms with Gasteiger partial charge in [-0.25, -0.2) is 9.18 Å². The Labute approximate surface area is 122 Å². The van der Waals surface area contributed by atoms with E-state index in [-0.39, 0.29) is 18.3 Å². The summed E-state index contributed by atoms with van der Waals surface area (Å²) >= 11 is 0. The predicted molar refractivity (Wildman–Crippen MR) is 76.6 cm³/mol. The Morgan fingerprint density at radius 1 is 1.33 bits per heavy atom. The lowest BCUT2D eigenvalue weighted by Gasteiger charge is -2.31. The van der Waals surface area contributed by atoms with E-state index in [9.17, 15) is 14.0 Å². The van der Waals surface area contributed by atoms with Gasteiger partial charge in [-0.3, -0.25) is 4.79 Å². The highest BCUT2D eigenvalue weighted by molar-refractivity contribution is 5.89. The van der Waals surface area contributed by atoms with Crippen molar-refractivity contribution in [2.24, 2.45) is 5.92 Å². The van der Waals surface area contributed by atoms with Crippen LogP contribution in [0.25, 0.3) is 0 Å². The lowest BCUT2D eigenvalue weighted by molar-refractivity contribution is -0.137. The van der Waals surface area contributed by atoms with Crippen molar-refractivity contribution >= 4 is 17.7 Å². The molecule has 0 spiro atoms. The lowest BCUT2D eigenvalue weighted by atomic mass is 9.92. The minimum absolute atomic E-state index is 0.181. The van der Waals surface area contributed by atoms with Gasteiger partial charge in [0, 0.05) is 25.2 Å². The van der Waals surface area contributed by atoms with Gasteiger partial charge in [0.25, 0.3) is 0 Å². The van der Waals surface area contributed by atoms with Crippen LogP contribution < -0.4 is 5.32 Å². The number of carboxylic acid groups (broad SMARTS) is 1. The van der Waals surface area contributed by atoms with Crippen molar-refractivity contribution in [2.45, 2.75) is 25.7 Å². The number of carbonyl (C=O) groups excluding carboxylic acids is 1. The number of urea groups is 1. The number of aliphatic carboxylic acids is 1. The van der Waals surface area contributed by atoms with Gasteiger partial charge in [-0.1, -0.05) is 6.07 Å². The number of halogens is 1. The maximum absolute atomic E-state index is 13.0. The summed E-state index contributed by atoms with van der Waals surface area (Å²) in [5.74, 6) is -0.805. The molecule has 2 amide bonds. The first-order valence-corrected chi connectivity index (χ1v) is 7.08. The van der Waals surface area contributed by atoms with E-state index < -0.39 is 5.97 Å². The van der Waals surface area contributed by atoms with E-state index in [2.05, 4.69) is 5.32 Å². The number of rotatable bonds is 4. The van der Waals surface area contributed by atoms with Gasteiger partial charge >= 0.3 is 12.0 Å². The van der Waals surface area contributed by atoms with Crippen molar-refractivity contribution in [2.75, 3.05) is 18.4 Å². The maximum Gasteiger partial charge on any atom is 0.321 e. The van der Waals surface area contributed by atoms with Crippen molar-refractivity contribution < 1.29 is 19.1 Å². The van der Waals surface area contributed by atoms with Crippen molar-refractivity contribution in [3.8, 4) is 0 Å². The van der Waals surface area contributed by atoms with Gasteiger partial charge in [-0.2, -0.15) is 0 Å². The van der Waals surface area contributed by atoms with Crippen molar-refractivity contribution in [3.63, 3.8) is 0 Å². The quantitative estimate of drug-likeness (QED) is 0.897. The molecule has 0 aliphatic carbocycles. The number of piperidine rings is 1. The largest absolute Gasteiger partial charge is 0.481 e. The molecule has 5 nitrogen and oxygen atoms in total. The van der Waals surface area contributed by atoms with E-state index in [1.54, 1.807) is 17.0 Å². The first kappa shape index (κ1) is 15.3. The van der Waals surface area contributed by atoms with E-state index in [0.717, 1.165) is 12.8 Å². The number of hydrogen-bond acceptors (Lipinski definition) is 2. The second-order valence-electron chi connectivity index (χ2n) is 5.30. The number of likely N-dealkylation sites (tertiary alicyclic amines) is 1. The van der Waals surface area contributed by atoms with Crippen LogP contribution in [-0.4, -0.2) is 35.1 Å². The number of anilines is 1. The van der Waals surface area contributed by atoms with Crippen LogP contribution in [0.1, 0.15) is 25.7 Å². The van der Waals surface area contributed by atoms with Gasteiger partial charge < -0.3 is 15.3 Å². The second-order valence-corrected chi connectivity index (χ2v) is 5.30. The van der Waals surface area contributed by atoms with Crippen LogP contribution in [0.4, 0.5) is 14.9 Å². The van der Waals surface area contributed by atoms with E-state index in [1.165, 1.54) is 12.1 Å². The average molecular weight is 294 g/mol. The van der Waals surface area contributed by atoms with Crippen LogP contribution in [-0.2, 0) is 4.79 Å². The third-order valence-electron chi connectivity index (χ3n) is 3.74. The fourth-order valence-corrected chi connectivity index (χ4v) is 2.52. The van der Waals surface area contributed by atoms with Crippen LogP contribution in [0.2, 0.25) is 0 Å². The number of carbonyl (C=O) groups is 2. The molecule has 0 unspecified atom stereocenters. The number of hydrogen-bond donors (Lipinski definition) is 2. The van der Waals surface area contributed by atoms with E-state index in [4.69, 9.17) is 5.11 Å². The second kappa shape index (κ2) is 7.06. The van der Waals surface area contributed by atoms with Crippen molar-refractivity contribution in [1.82, 2.24) is 4.90 Å². The molecule has 0 bridgehead atoms. The highest BCUT2D eigenvalue weighted by Gasteiger charge is 2.23. The molecule has 2 rings (SSSR count). The number of nitrogens with zero attached hydrogens (tertiary/aromatic N) is 1. The molecule has 1 aliphatic heterocycles. The topological polar surface area (TPSA) is 69.6 Å². The Bertz CT molecular complexity index is 513. The fourth-order valence-electron chi connectivity index (χ4n) is 2.52. The van der Waals surface area contributed by atoms with Crippen LogP contribution in [0, 0.1) is 11.7 Å². The zero-order chi connectivity index (χ0) is 15.2. The molecule has 2 N–H and O–H groups in total. The standard InChI is InChI=1S/C15H19FN2O3/c16-12-2-1-3-13(10-12)17-15(21)18-8-6-11(7-9-18)4-5-14(19)20/h1-3,10-11H,4-9H2,(H,17,21)(H,19,20). The smallest absolute Gasteiger partial charge is 0.321 e. The van der Waals surface area contributed by atoms with Gasteiger partial charge in [0.2, 0.25) is 0 Å². The van der Waals surface area contributed by atoms with Gasteiger partial charge in [0.15, 0.2) is 0 Å². The molecule has 0 aromatic heterocycles. The Morgan fingerprint density at radius 3 is 2.67 bits per heavy atom. The third-order valence-corrected chi connectivity index (χ3v) is 3.74. The maximum atomic E-state index is 13.0. The molecule has 1 aromatic carbocycles. The Kier molecular flexibility index (Phi) is 5.14. The summed E-state index contributed by atoms with van der Waals surface area (Å²) in [5, 5.41) is 11.3. The fraction of sp³-hybridized carbons (Fsp3) is 0.467. The molecule has 21 heavy (non-hydrogen) atoms. The molecule has 6 heteroatoms. The highest BCUT2D eigenvalue weighted by Crippen LogP contribution is 2.22. The van der Waals surface area contributed by atoms with Crippen LogP contribution in [0.5, 0.6) is 0 Å². The molecule has 0 atom stereocenters. The molecule has 0 radical (unpaired) electrons. The van der Waals surface area contributed by atoms with Crippen LogP contribution >= 0.6 is 0 Å². The van der Waals surface area contributed by atoms with E-state index in [0.29, 0.717) is 31.1 Å². The van der Waals surface area contributed by atoms with E-state index >= 15 is 0 Å². The van der Waals surface area contributed by atoms with Gasteiger partial charge in [-0.15, -0.1) is 0 Å². The lowest BCUT2D eigenvalue weighted by Crippen LogP contribution is -2.41. The highest BCUT2D eigenvalue weighted by atomic mass is 19.1. The summed E-state index contributed by atoms with van der Waals surface area (Å²) in [6.07, 6.45) is 2.46. The van der Waals surface area contributed by atoms with Gasteiger partial charge in [0.05, 0.1) is 0 Å². The van der Waals surface area contributed by atoms with Crippen LogP contribution in [0.3, 0.4) is 0 Å². The van der Waals surface area contributed by atoms with Crippen molar-refractivity contribution in [1.29, 1.82) is 0 Å². The Hall–Kier alpha value is -2.11. The molecule has 1 saturated heterocycles. The number of amides is 2. The van der Waals surface area contributed by atoms with Gasteiger partial charge in [-0.05, 0) is 43.4 Å². The summed E-state index contributed by atoms with van der Waals surface area (Å²) in [6.45, 7) is 1.21. The summed E-state index contributed by atoms with van der Waals surface area (Å²) < 4.78 is 13.0. The Balaban J connectivity index is 1.79. The minimum atomic E-state index is -0.777. The molecule has 1 heterocycles. The Morgan fingerprint density at radius 2 is 2.05 bits per heavy atom. The summed E-state index contributed by atoms with van der Waals surface area (Å²) in [6, 6.07) is 5.54. The average Bonchev–Trinajstić information content (AvgIpc) is 2.45. The zero-order valence-electron chi connectivity index (χ0n) is 11.7. The SMILES string of the molecule is O=C(O)CCC1CCN(C(=O)Nc2cccc(F)c2)CC1. The molecular formula is C15H19FN2O3. The zero-order valence-corrected chi connectivity index (χ0v) is 11.7. The molecular weight excluding hydrogens is 275 g/mol. The summed E-state index contributed by atoms with van der Waals surface area (Å²) in [7, 11) is 0. The number of carboxylic acids is 1. The number of benzene rings is 1. The monoisotopic (exact) mass is 294 g/mol. The van der Waals surface area contributed by atoms with Crippen molar-refractivity contribution in [3.05, 3.63) is 30.1 Å². The van der Waals surface area contributed by atoms with Gasteiger partial charge in [0.1, 0.15) is 5.82 Å². The summed E-state index contributed by atoms with van der Waals surface area (Å²) in [4.78, 5) is 24.3. The molecule has 1 aliphatic rings. The molecule has 1 fully saturated rings. The van der Waals surface area contributed by atoms with Crippen LogP contribution in [0.15, 0.2) is 24.3 Å².